The molecule has 2 unspecified atom stereocenters. The van der Waals surface area contributed by atoms with E-state index < -0.39 is 24.2 Å². The number of likely N-dealkylation sites (N-methyl/N-ethyl adjacent to an activating group) is 1. The van der Waals surface area contributed by atoms with Crippen LogP contribution < -0.4 is 26.6 Å². The highest BCUT2D eigenvalue weighted by Crippen LogP contribution is 2.27. The minimum absolute atomic E-state index is 0.100. The van der Waals surface area contributed by atoms with Crippen LogP contribution >= 0.6 is 11.6 Å². The third-order valence-corrected chi connectivity index (χ3v) is 6.21. The average molecular weight is 468 g/mol. The van der Waals surface area contributed by atoms with Crippen molar-refractivity contribution in [3.63, 3.8) is 0 Å². The monoisotopic (exact) mass is 467 g/mol. The number of nitrogens with one attached hydrogen (secondary N) is 3. The molecule has 0 radical (unpaired) electrons. The quantitative estimate of drug-likeness (QED) is 0.280. The van der Waals surface area contributed by atoms with E-state index in [1.165, 1.54) is 0 Å². The topological polar surface area (TPSA) is 131 Å². The lowest BCUT2D eigenvalue weighted by Gasteiger charge is -2.37. The van der Waals surface area contributed by atoms with Crippen LogP contribution in [0.4, 0.5) is 11.4 Å². The highest BCUT2D eigenvalue weighted by Gasteiger charge is 2.37. The maximum Gasteiger partial charge on any atom is 0.234 e. The smallest absolute Gasteiger partial charge is 0.234 e. The molecule has 0 spiro atoms. The first kappa shape index (κ1) is 24.7. The van der Waals surface area contributed by atoms with Crippen LogP contribution in [0.3, 0.4) is 0 Å². The standard InChI is InChI=1S/C20H34ClN9O2/c1-28(2)5-6-29-7-9-30(10-8-29)16-3-4-23-13-15(16)26-20(31)17(18(22)27-32)19-24-11-14(21)12-25-19/h3-4,13-14,17-19,24-25H,5-12,22H2,1-2H3,(H,26,31). The van der Waals surface area contributed by atoms with Gasteiger partial charge in [0.15, 0.2) is 6.17 Å². The molecule has 0 aromatic carbocycles. The molecule has 11 nitrogen and oxygen atoms in total. The molecule has 0 bridgehead atoms. The van der Waals surface area contributed by atoms with Gasteiger partial charge in [0.1, 0.15) is 5.92 Å². The van der Waals surface area contributed by atoms with Crippen molar-refractivity contribution in [1.82, 2.24) is 25.4 Å². The maximum atomic E-state index is 13.2. The number of carbonyl (C=O) groups excluding carboxylic acids is 1. The number of rotatable bonds is 9. The number of carbonyl (C=O) groups is 1. The minimum Gasteiger partial charge on any atom is -0.367 e. The molecule has 32 heavy (non-hydrogen) atoms. The third kappa shape index (κ3) is 6.56. The number of alkyl halides is 1. The fourth-order valence-electron chi connectivity index (χ4n) is 4.01. The molecule has 2 fully saturated rings. The molecule has 2 atom stereocenters. The van der Waals surface area contributed by atoms with E-state index in [1.807, 2.05) is 6.07 Å². The number of hydrogen-bond donors (Lipinski definition) is 4. The Morgan fingerprint density at radius 3 is 2.66 bits per heavy atom. The van der Waals surface area contributed by atoms with E-state index >= 15 is 0 Å². The predicted molar refractivity (Wildman–Crippen MR) is 127 cm³/mol. The number of anilines is 2. The Morgan fingerprint density at radius 2 is 2.03 bits per heavy atom. The second-order valence-corrected chi connectivity index (χ2v) is 9.14. The molecule has 1 aromatic heterocycles. The molecule has 2 aliphatic heterocycles. The van der Waals surface area contributed by atoms with Gasteiger partial charge in [-0.25, -0.2) is 0 Å². The van der Waals surface area contributed by atoms with Gasteiger partial charge in [-0.3, -0.25) is 25.3 Å². The molecule has 5 N–H and O–H groups in total. The van der Waals surface area contributed by atoms with Crippen molar-refractivity contribution in [3.05, 3.63) is 23.4 Å². The number of nitrogens with zero attached hydrogens (tertiary/aromatic N) is 5. The number of amides is 1. The Balaban J connectivity index is 1.67. The van der Waals surface area contributed by atoms with Crippen LogP contribution in [0.15, 0.2) is 23.6 Å². The fraction of sp³-hybridized carbons (Fsp3) is 0.700. The van der Waals surface area contributed by atoms with Gasteiger partial charge in [0.05, 0.1) is 29.1 Å². The molecule has 3 heterocycles. The number of nitrogens with two attached hydrogens (primary N) is 1. The maximum absolute atomic E-state index is 13.2. The highest BCUT2D eigenvalue weighted by atomic mass is 35.5. The van der Waals surface area contributed by atoms with Gasteiger partial charge in [-0.1, -0.05) is 5.18 Å². The lowest BCUT2D eigenvalue weighted by molar-refractivity contribution is -0.121. The van der Waals surface area contributed by atoms with Gasteiger partial charge in [0.25, 0.3) is 0 Å². The zero-order valence-corrected chi connectivity index (χ0v) is 19.5. The van der Waals surface area contributed by atoms with E-state index in [0.717, 1.165) is 45.0 Å². The molecule has 2 aliphatic rings. The first-order valence-electron chi connectivity index (χ1n) is 10.9. The summed E-state index contributed by atoms with van der Waals surface area (Å²) < 4.78 is 0. The Hall–Kier alpha value is -1.89. The lowest BCUT2D eigenvalue weighted by atomic mass is 9.99. The lowest BCUT2D eigenvalue weighted by Crippen LogP contribution is -2.62. The largest absolute Gasteiger partial charge is 0.367 e. The van der Waals surface area contributed by atoms with E-state index in [9.17, 15) is 9.70 Å². The molecule has 0 saturated carbocycles. The van der Waals surface area contributed by atoms with E-state index in [0.29, 0.717) is 18.8 Å². The van der Waals surface area contributed by atoms with Crippen molar-refractivity contribution in [1.29, 1.82) is 0 Å². The van der Waals surface area contributed by atoms with E-state index in [2.05, 4.69) is 54.9 Å². The number of hydrogen-bond acceptors (Lipinski definition) is 10. The van der Waals surface area contributed by atoms with Crippen LogP contribution in [0.1, 0.15) is 0 Å². The summed E-state index contributed by atoms with van der Waals surface area (Å²) in [6.45, 7) is 6.66. The summed E-state index contributed by atoms with van der Waals surface area (Å²) in [5.41, 5.74) is 7.39. The number of aromatic nitrogens is 1. The molecular weight excluding hydrogens is 434 g/mol. The third-order valence-electron chi connectivity index (χ3n) is 5.90. The van der Waals surface area contributed by atoms with Gasteiger partial charge in [0, 0.05) is 58.6 Å². The normalized spacial score (nSPS) is 24.2. The van der Waals surface area contributed by atoms with Crippen LogP contribution in [-0.2, 0) is 4.79 Å². The van der Waals surface area contributed by atoms with Crippen LogP contribution in [0.2, 0.25) is 0 Å². The summed E-state index contributed by atoms with van der Waals surface area (Å²) in [5.74, 6) is -1.29. The van der Waals surface area contributed by atoms with E-state index in [4.69, 9.17) is 17.3 Å². The highest BCUT2D eigenvalue weighted by molar-refractivity contribution is 6.21. The van der Waals surface area contributed by atoms with Crippen molar-refractivity contribution in [3.8, 4) is 0 Å². The number of nitroso groups, excluding NO2 is 1. The second kappa shape index (κ2) is 11.8. The van der Waals surface area contributed by atoms with Gasteiger partial charge < -0.3 is 20.9 Å². The van der Waals surface area contributed by atoms with Crippen molar-refractivity contribution < 1.29 is 4.79 Å². The summed E-state index contributed by atoms with van der Waals surface area (Å²) >= 11 is 6.10. The summed E-state index contributed by atoms with van der Waals surface area (Å²) in [6.07, 6.45) is 1.63. The van der Waals surface area contributed by atoms with Crippen LogP contribution in [0.5, 0.6) is 0 Å². The number of pyridine rings is 1. The van der Waals surface area contributed by atoms with Gasteiger partial charge >= 0.3 is 0 Å². The van der Waals surface area contributed by atoms with Gasteiger partial charge in [0.2, 0.25) is 5.91 Å². The average Bonchev–Trinajstić information content (AvgIpc) is 2.79. The molecule has 12 heteroatoms. The minimum atomic E-state index is -1.20. The fourth-order valence-corrected chi connectivity index (χ4v) is 4.18. The number of halogens is 1. The summed E-state index contributed by atoms with van der Waals surface area (Å²) in [5, 5.41) is 12.0. The first-order valence-corrected chi connectivity index (χ1v) is 11.4. The van der Waals surface area contributed by atoms with Crippen molar-refractivity contribution in [2.24, 2.45) is 16.8 Å². The van der Waals surface area contributed by atoms with Gasteiger partial charge in [-0.05, 0) is 20.2 Å². The summed E-state index contributed by atoms with van der Waals surface area (Å²) in [7, 11) is 4.15. The zero-order valence-electron chi connectivity index (χ0n) is 18.7. The Labute approximate surface area is 194 Å². The van der Waals surface area contributed by atoms with E-state index in [1.54, 1.807) is 12.4 Å². The van der Waals surface area contributed by atoms with Crippen molar-refractivity contribution in [2.75, 3.05) is 76.7 Å². The summed E-state index contributed by atoms with van der Waals surface area (Å²) in [4.78, 5) is 35.4. The zero-order chi connectivity index (χ0) is 23.1. The van der Waals surface area contributed by atoms with Crippen LogP contribution in [0.25, 0.3) is 0 Å². The Morgan fingerprint density at radius 1 is 1.34 bits per heavy atom. The van der Waals surface area contributed by atoms with Crippen molar-refractivity contribution >= 4 is 28.9 Å². The van der Waals surface area contributed by atoms with Crippen LogP contribution in [0, 0.1) is 10.8 Å². The molecule has 1 amide bonds. The molecule has 0 aliphatic carbocycles. The molecule has 178 valence electrons. The predicted octanol–water partition coefficient (Wildman–Crippen LogP) is -0.503. The first-order chi connectivity index (χ1) is 15.4. The van der Waals surface area contributed by atoms with Gasteiger partial charge in [-0.2, -0.15) is 0 Å². The van der Waals surface area contributed by atoms with Crippen molar-refractivity contribution in [2.45, 2.75) is 17.7 Å². The Kier molecular flexibility index (Phi) is 9.14. The van der Waals surface area contributed by atoms with E-state index in [-0.39, 0.29) is 5.38 Å². The molecule has 2 saturated heterocycles. The molecular formula is C20H34ClN9O2. The van der Waals surface area contributed by atoms with Gasteiger partial charge in [-0.15, -0.1) is 16.5 Å². The second-order valence-electron chi connectivity index (χ2n) is 8.53. The van der Waals surface area contributed by atoms with Crippen LogP contribution in [-0.4, -0.2) is 105 Å². The molecule has 1 aromatic rings. The summed E-state index contributed by atoms with van der Waals surface area (Å²) in [6, 6.07) is 1.90. The Bertz CT molecular complexity index is 752. The SMILES string of the molecule is CN(C)CCN1CCN(c2ccncc2NC(=O)C(C(N)N=O)C2NCC(Cl)CN2)CC1. The number of piperazine rings is 1. The molecule has 3 rings (SSSR count).